The Morgan fingerprint density at radius 3 is 2.49 bits per heavy atom. The Bertz CT molecular complexity index is 1380. The minimum Gasteiger partial charge on any atom is -0.438 e. The fourth-order valence-electron chi connectivity index (χ4n) is 3.39. The van der Waals surface area contributed by atoms with Crippen LogP contribution in [0, 0.1) is 24.7 Å². The van der Waals surface area contributed by atoms with Gasteiger partial charge in [-0.2, -0.15) is 26.3 Å². The molecule has 1 atom stereocenters. The van der Waals surface area contributed by atoms with Crippen molar-refractivity contribution in [1.29, 1.82) is 0 Å². The number of aromatic nitrogens is 3. The number of carbonyl (C=O) groups excluding carboxylic acids is 1. The van der Waals surface area contributed by atoms with E-state index in [2.05, 4.69) is 26.5 Å². The Hall–Kier alpha value is -3.75. The van der Waals surface area contributed by atoms with Crippen molar-refractivity contribution in [2.24, 2.45) is 5.92 Å². The molecule has 0 aliphatic heterocycles. The van der Waals surface area contributed by atoms with E-state index in [1.165, 1.54) is 22.9 Å². The fourth-order valence-corrected chi connectivity index (χ4v) is 3.39. The lowest BCUT2D eigenvalue weighted by molar-refractivity contribution is -0.285. The molecule has 1 aliphatic carbocycles. The highest BCUT2D eigenvalue weighted by Crippen LogP contribution is 2.44. The Labute approximate surface area is 195 Å². The molecule has 1 saturated carbocycles. The summed E-state index contributed by atoms with van der Waals surface area (Å²) in [4.78, 5) is 19.7. The number of fused-ring (bicyclic) bond motifs is 1. The van der Waals surface area contributed by atoms with E-state index in [4.69, 9.17) is 5.73 Å². The number of halogens is 6. The normalized spacial score (nSPS) is 15.9. The number of benzene rings is 1. The molecule has 0 spiro atoms. The predicted octanol–water partition coefficient (Wildman–Crippen LogP) is 4.93. The molecule has 2 N–H and O–H groups in total. The number of nitrogen functional groups attached to an aromatic ring is 1. The average molecular weight is 496 g/mol. The van der Waals surface area contributed by atoms with Gasteiger partial charge in [-0.25, -0.2) is 14.8 Å². The highest BCUT2D eigenvalue weighted by atomic mass is 19.4. The van der Waals surface area contributed by atoms with Crippen molar-refractivity contribution in [2.45, 2.75) is 44.6 Å². The fraction of sp³-hybridized carbons (Fsp3) is 0.348. The van der Waals surface area contributed by atoms with Crippen LogP contribution in [0.4, 0.5) is 32.2 Å². The van der Waals surface area contributed by atoms with Crippen molar-refractivity contribution in [1.82, 2.24) is 14.4 Å². The molecule has 12 heteroatoms. The lowest BCUT2D eigenvalue weighted by atomic mass is 9.91. The summed E-state index contributed by atoms with van der Waals surface area (Å²) in [5.41, 5.74) is 3.27. The second-order valence-electron chi connectivity index (χ2n) is 8.34. The zero-order chi connectivity index (χ0) is 25.8. The van der Waals surface area contributed by atoms with Gasteiger partial charge in [0.25, 0.3) is 0 Å². The van der Waals surface area contributed by atoms with Gasteiger partial charge in [0, 0.05) is 23.2 Å². The van der Waals surface area contributed by atoms with E-state index in [0.29, 0.717) is 23.9 Å². The van der Waals surface area contributed by atoms with E-state index < -0.39 is 29.5 Å². The molecule has 4 rings (SSSR count). The molecule has 0 radical (unpaired) electrons. The summed E-state index contributed by atoms with van der Waals surface area (Å²) < 4.78 is 85.5. The molecule has 2 heterocycles. The number of anilines is 1. The monoisotopic (exact) mass is 496 g/mol. The number of carbonyl (C=O) groups is 1. The third-order valence-corrected chi connectivity index (χ3v) is 5.63. The first-order valence-corrected chi connectivity index (χ1v) is 10.3. The number of aryl methyl sites for hydroxylation is 1. The third kappa shape index (κ3) is 4.62. The van der Waals surface area contributed by atoms with Gasteiger partial charge in [-0.1, -0.05) is 18.1 Å². The second-order valence-corrected chi connectivity index (χ2v) is 8.34. The zero-order valence-corrected chi connectivity index (χ0v) is 18.4. The lowest BCUT2D eigenvalue weighted by Gasteiger charge is -2.32. The SMILES string of the molecule is Cc1ccc(C(C)(OC(=O)C(F)(F)F)C(F)(F)F)cc1-c1cnc2c(N)nc(C#CC3CC3)cn12. The van der Waals surface area contributed by atoms with E-state index in [1.807, 2.05) is 0 Å². The summed E-state index contributed by atoms with van der Waals surface area (Å²) in [7, 11) is 0. The first-order valence-electron chi connectivity index (χ1n) is 10.3. The van der Waals surface area contributed by atoms with Crippen molar-refractivity contribution in [2.75, 3.05) is 5.73 Å². The second kappa shape index (κ2) is 8.18. The molecule has 0 saturated heterocycles. The molecule has 1 unspecified atom stereocenters. The molecule has 2 aromatic heterocycles. The van der Waals surface area contributed by atoms with Gasteiger partial charge in [0.1, 0.15) is 5.69 Å². The van der Waals surface area contributed by atoms with E-state index in [-0.39, 0.29) is 22.9 Å². The number of hydrogen-bond donors (Lipinski definition) is 1. The van der Waals surface area contributed by atoms with Gasteiger partial charge in [-0.3, -0.25) is 4.40 Å². The van der Waals surface area contributed by atoms with Crippen molar-refractivity contribution in [3.05, 3.63) is 47.4 Å². The van der Waals surface area contributed by atoms with E-state index in [9.17, 15) is 31.1 Å². The minimum absolute atomic E-state index is 0.0480. The first-order chi connectivity index (χ1) is 16.2. The Morgan fingerprint density at radius 2 is 1.89 bits per heavy atom. The topological polar surface area (TPSA) is 82.5 Å². The average Bonchev–Trinajstić information content (AvgIpc) is 3.48. The smallest absolute Gasteiger partial charge is 0.438 e. The van der Waals surface area contributed by atoms with Crippen LogP contribution in [0.25, 0.3) is 16.9 Å². The van der Waals surface area contributed by atoms with Crippen LogP contribution in [-0.4, -0.2) is 32.7 Å². The van der Waals surface area contributed by atoms with Gasteiger partial charge in [0.15, 0.2) is 11.5 Å². The van der Waals surface area contributed by atoms with Crippen LogP contribution in [-0.2, 0) is 15.1 Å². The molecule has 1 fully saturated rings. The van der Waals surface area contributed by atoms with Crippen LogP contribution < -0.4 is 5.73 Å². The molecule has 0 bridgehead atoms. The van der Waals surface area contributed by atoms with Crippen LogP contribution >= 0.6 is 0 Å². The number of alkyl halides is 6. The Kier molecular flexibility index (Phi) is 5.70. The van der Waals surface area contributed by atoms with Gasteiger partial charge in [0.05, 0.1) is 11.9 Å². The third-order valence-electron chi connectivity index (χ3n) is 5.63. The van der Waals surface area contributed by atoms with Crippen molar-refractivity contribution in [3.63, 3.8) is 0 Å². The number of nitrogens with two attached hydrogens (primary N) is 1. The zero-order valence-electron chi connectivity index (χ0n) is 18.4. The van der Waals surface area contributed by atoms with E-state index >= 15 is 0 Å². The highest BCUT2D eigenvalue weighted by molar-refractivity contribution is 5.77. The molecule has 6 nitrogen and oxygen atoms in total. The van der Waals surface area contributed by atoms with E-state index in [1.54, 1.807) is 6.92 Å². The van der Waals surface area contributed by atoms with Crippen molar-refractivity contribution >= 4 is 17.4 Å². The number of esters is 1. The van der Waals surface area contributed by atoms with Gasteiger partial charge >= 0.3 is 18.3 Å². The van der Waals surface area contributed by atoms with Gasteiger partial charge in [-0.05, 0) is 44.2 Å². The summed E-state index contributed by atoms with van der Waals surface area (Å²) in [6.45, 7) is 1.97. The summed E-state index contributed by atoms with van der Waals surface area (Å²) in [5, 5.41) is 0. The van der Waals surface area contributed by atoms with Crippen LogP contribution in [0.2, 0.25) is 0 Å². The quantitative estimate of drug-likeness (QED) is 0.316. The number of rotatable bonds is 3. The summed E-state index contributed by atoms with van der Waals surface area (Å²) >= 11 is 0. The lowest BCUT2D eigenvalue weighted by Crippen LogP contribution is -2.46. The molecular weight excluding hydrogens is 478 g/mol. The molecule has 3 aromatic rings. The Morgan fingerprint density at radius 1 is 1.20 bits per heavy atom. The molecule has 35 heavy (non-hydrogen) atoms. The maximum atomic E-state index is 13.9. The highest BCUT2D eigenvalue weighted by Gasteiger charge is 2.59. The summed E-state index contributed by atoms with van der Waals surface area (Å²) in [6, 6.07) is 3.26. The number of ether oxygens (including phenoxy) is 1. The molecule has 0 amide bonds. The summed E-state index contributed by atoms with van der Waals surface area (Å²) in [5.74, 6) is 3.33. The maximum absolute atomic E-state index is 13.9. The van der Waals surface area contributed by atoms with E-state index in [0.717, 1.165) is 25.0 Å². The minimum atomic E-state index is -5.61. The molecule has 1 aromatic carbocycles. The first kappa shape index (κ1) is 24.4. The molecule has 1 aliphatic rings. The number of hydrogen-bond acceptors (Lipinski definition) is 5. The summed E-state index contributed by atoms with van der Waals surface area (Å²) in [6.07, 6.45) is -6.09. The number of imidazole rings is 1. The Balaban J connectivity index is 1.85. The molecular formula is C23H18F6N4O2. The largest absolute Gasteiger partial charge is 0.490 e. The van der Waals surface area contributed by atoms with Crippen molar-refractivity contribution in [3.8, 4) is 23.1 Å². The maximum Gasteiger partial charge on any atom is 0.490 e. The number of nitrogens with zero attached hydrogens (tertiary/aromatic N) is 3. The van der Waals surface area contributed by atoms with Crippen LogP contribution in [0.15, 0.2) is 30.6 Å². The van der Waals surface area contributed by atoms with Gasteiger partial charge in [-0.15, -0.1) is 0 Å². The van der Waals surface area contributed by atoms with Gasteiger partial charge < -0.3 is 10.5 Å². The van der Waals surface area contributed by atoms with Crippen LogP contribution in [0.1, 0.15) is 36.6 Å². The molecule has 184 valence electrons. The van der Waals surface area contributed by atoms with Crippen LogP contribution in [0.5, 0.6) is 0 Å². The van der Waals surface area contributed by atoms with Crippen LogP contribution in [0.3, 0.4) is 0 Å². The standard InChI is InChI=1S/C23H18F6N4O2/c1-12-3-7-14(21(2,23(27,28)29)35-20(34)22(24,25)26)9-16(12)17-10-31-19-18(30)32-15(11-33(17)19)8-6-13-4-5-13/h3,7,9-11,13H,4-5H2,1-2H3,(H2,30,32). The predicted molar refractivity (Wildman–Crippen MR) is 113 cm³/mol. The van der Waals surface area contributed by atoms with Gasteiger partial charge in [0.2, 0.25) is 5.60 Å². The van der Waals surface area contributed by atoms with Crippen molar-refractivity contribution < 1.29 is 35.9 Å².